The van der Waals surface area contributed by atoms with Crippen molar-refractivity contribution in [2.75, 3.05) is 7.05 Å². The van der Waals surface area contributed by atoms with Crippen molar-refractivity contribution in [3.8, 4) is 17.1 Å². The lowest BCUT2D eigenvalue weighted by molar-refractivity contribution is 0.616. The van der Waals surface area contributed by atoms with Crippen LogP contribution in [0.5, 0.6) is 0 Å². The smallest absolute Gasteiger partial charge is 0.205 e. The van der Waals surface area contributed by atoms with Gasteiger partial charge < -0.3 is 5.32 Å². The van der Waals surface area contributed by atoms with Crippen LogP contribution in [0.4, 0.5) is 4.39 Å². The van der Waals surface area contributed by atoms with Crippen LogP contribution in [0.15, 0.2) is 48.5 Å². The molecule has 5 nitrogen and oxygen atoms in total. The Morgan fingerprint density at radius 1 is 1.14 bits per heavy atom. The first-order valence-electron chi connectivity index (χ1n) is 6.56. The maximum atomic E-state index is 13.6. The molecule has 3 rings (SSSR count). The molecule has 21 heavy (non-hydrogen) atoms. The van der Waals surface area contributed by atoms with Gasteiger partial charge in [0.05, 0.1) is 5.69 Å². The van der Waals surface area contributed by atoms with Crippen LogP contribution in [-0.2, 0) is 6.54 Å². The summed E-state index contributed by atoms with van der Waals surface area (Å²) < 4.78 is 13.6. The summed E-state index contributed by atoms with van der Waals surface area (Å²) in [6.07, 6.45) is 0. The fraction of sp³-hybridized carbons (Fsp3) is 0.133. The average molecular weight is 283 g/mol. The Bertz CT molecular complexity index is 739. The van der Waals surface area contributed by atoms with Crippen LogP contribution in [-0.4, -0.2) is 27.3 Å². The van der Waals surface area contributed by atoms with Crippen LogP contribution >= 0.6 is 0 Å². The number of nitrogens with one attached hydrogen (secondary N) is 1. The van der Waals surface area contributed by atoms with E-state index in [2.05, 4.69) is 20.7 Å². The number of tetrazole rings is 1. The summed E-state index contributed by atoms with van der Waals surface area (Å²) in [5, 5.41) is 15.3. The molecule has 0 fully saturated rings. The molecule has 0 bridgehead atoms. The molecule has 0 saturated heterocycles. The highest BCUT2D eigenvalue weighted by Crippen LogP contribution is 2.16. The van der Waals surface area contributed by atoms with Gasteiger partial charge in [-0.1, -0.05) is 30.3 Å². The lowest BCUT2D eigenvalue weighted by Gasteiger charge is -2.04. The molecular weight excluding hydrogens is 269 g/mol. The van der Waals surface area contributed by atoms with Crippen molar-refractivity contribution in [3.63, 3.8) is 0 Å². The summed E-state index contributed by atoms with van der Waals surface area (Å²) in [4.78, 5) is 1.34. The van der Waals surface area contributed by atoms with Crippen molar-refractivity contribution in [2.45, 2.75) is 6.54 Å². The molecule has 3 aromatic rings. The van der Waals surface area contributed by atoms with E-state index in [0.29, 0.717) is 18.1 Å². The monoisotopic (exact) mass is 283 g/mol. The third kappa shape index (κ3) is 2.95. The fourth-order valence-corrected chi connectivity index (χ4v) is 2.08. The summed E-state index contributed by atoms with van der Waals surface area (Å²) in [5.41, 5.74) is 2.25. The van der Waals surface area contributed by atoms with Crippen molar-refractivity contribution >= 4 is 0 Å². The first-order chi connectivity index (χ1) is 10.3. The topological polar surface area (TPSA) is 55.6 Å². The number of rotatable bonds is 4. The molecule has 0 unspecified atom stereocenters. The molecule has 2 aromatic carbocycles. The Kier molecular flexibility index (Phi) is 3.70. The van der Waals surface area contributed by atoms with Crippen molar-refractivity contribution in [3.05, 3.63) is 59.9 Å². The number of hydrogen-bond acceptors (Lipinski definition) is 4. The normalized spacial score (nSPS) is 10.8. The first-order valence-corrected chi connectivity index (χ1v) is 6.56. The molecule has 6 heteroatoms. The van der Waals surface area contributed by atoms with Gasteiger partial charge in [-0.3, -0.25) is 0 Å². The molecule has 0 aliphatic heterocycles. The maximum Gasteiger partial charge on any atom is 0.205 e. The van der Waals surface area contributed by atoms with Crippen molar-refractivity contribution in [1.82, 2.24) is 25.5 Å². The van der Waals surface area contributed by atoms with Crippen LogP contribution in [0.25, 0.3) is 17.1 Å². The van der Waals surface area contributed by atoms with E-state index in [4.69, 9.17) is 0 Å². The van der Waals surface area contributed by atoms with Gasteiger partial charge >= 0.3 is 0 Å². The molecule has 0 aliphatic carbocycles. The lowest BCUT2D eigenvalue weighted by Crippen LogP contribution is -2.07. The van der Waals surface area contributed by atoms with Gasteiger partial charge in [-0.15, -0.1) is 15.0 Å². The highest BCUT2D eigenvalue weighted by atomic mass is 19.1. The summed E-state index contributed by atoms with van der Waals surface area (Å²) in [6, 6.07) is 14.2. The SMILES string of the molecule is CNCc1cc(F)cc(-n2nnc(-c3ccccc3)n2)c1. The zero-order valence-corrected chi connectivity index (χ0v) is 11.5. The van der Waals surface area contributed by atoms with Crippen LogP contribution in [0.3, 0.4) is 0 Å². The van der Waals surface area contributed by atoms with E-state index >= 15 is 0 Å². The number of nitrogens with zero attached hydrogens (tertiary/aromatic N) is 4. The van der Waals surface area contributed by atoms with Crippen LogP contribution in [0.2, 0.25) is 0 Å². The van der Waals surface area contributed by atoms with Gasteiger partial charge in [0.25, 0.3) is 0 Å². The number of hydrogen-bond donors (Lipinski definition) is 1. The summed E-state index contributed by atoms with van der Waals surface area (Å²) in [7, 11) is 1.81. The number of halogens is 1. The van der Waals surface area contributed by atoms with E-state index in [-0.39, 0.29) is 5.82 Å². The Labute approximate surface area is 121 Å². The van der Waals surface area contributed by atoms with Crippen LogP contribution in [0, 0.1) is 5.82 Å². The number of aromatic nitrogens is 4. The Morgan fingerprint density at radius 2 is 1.95 bits per heavy atom. The Morgan fingerprint density at radius 3 is 2.71 bits per heavy atom. The summed E-state index contributed by atoms with van der Waals surface area (Å²) in [6.45, 7) is 0.574. The minimum absolute atomic E-state index is 0.323. The standard InChI is InChI=1S/C15H14FN5/c1-17-10-11-7-13(16)9-14(8-11)21-19-15(18-20-21)12-5-3-2-4-6-12/h2-9,17H,10H2,1H3. The van der Waals surface area contributed by atoms with Crippen molar-refractivity contribution in [1.29, 1.82) is 0 Å². The van der Waals surface area contributed by atoms with Crippen molar-refractivity contribution < 1.29 is 4.39 Å². The molecule has 0 saturated carbocycles. The van der Waals surface area contributed by atoms with Gasteiger partial charge in [-0.2, -0.15) is 0 Å². The summed E-state index contributed by atoms with van der Waals surface area (Å²) in [5.74, 6) is 0.186. The van der Waals surface area contributed by atoms with E-state index in [1.54, 1.807) is 0 Å². The zero-order valence-electron chi connectivity index (χ0n) is 11.5. The third-order valence-corrected chi connectivity index (χ3v) is 3.00. The number of benzene rings is 2. The van der Waals surface area contributed by atoms with Gasteiger partial charge in [0.1, 0.15) is 5.82 Å². The van der Waals surface area contributed by atoms with Gasteiger partial charge in [-0.25, -0.2) is 4.39 Å². The Hall–Kier alpha value is -2.60. The second-order valence-corrected chi connectivity index (χ2v) is 4.62. The van der Waals surface area contributed by atoms with Crippen LogP contribution in [0.1, 0.15) is 5.56 Å². The van der Waals surface area contributed by atoms with E-state index in [9.17, 15) is 4.39 Å². The van der Waals surface area contributed by atoms with Crippen LogP contribution < -0.4 is 5.32 Å². The second-order valence-electron chi connectivity index (χ2n) is 4.62. The van der Waals surface area contributed by atoms with Gasteiger partial charge in [-0.05, 0) is 30.0 Å². The highest BCUT2D eigenvalue weighted by Gasteiger charge is 2.09. The molecule has 0 radical (unpaired) electrons. The van der Waals surface area contributed by atoms with E-state index in [1.165, 1.54) is 16.9 Å². The molecule has 1 aromatic heterocycles. The predicted octanol–water partition coefficient (Wildman–Crippen LogP) is 2.19. The fourth-order valence-electron chi connectivity index (χ4n) is 2.08. The molecule has 0 amide bonds. The molecule has 0 spiro atoms. The molecule has 0 atom stereocenters. The van der Waals surface area contributed by atoms with E-state index in [1.807, 2.05) is 43.4 Å². The highest BCUT2D eigenvalue weighted by molar-refractivity contribution is 5.53. The zero-order chi connectivity index (χ0) is 14.7. The van der Waals surface area contributed by atoms with Gasteiger partial charge in [0, 0.05) is 18.2 Å². The average Bonchev–Trinajstić information content (AvgIpc) is 2.98. The third-order valence-electron chi connectivity index (χ3n) is 3.00. The summed E-state index contributed by atoms with van der Waals surface area (Å²) >= 11 is 0. The molecule has 1 heterocycles. The van der Waals surface area contributed by atoms with E-state index < -0.39 is 0 Å². The predicted molar refractivity (Wildman–Crippen MR) is 77.3 cm³/mol. The molecular formula is C15H14FN5. The van der Waals surface area contributed by atoms with Gasteiger partial charge in [0.15, 0.2) is 0 Å². The first kappa shape index (κ1) is 13.4. The lowest BCUT2D eigenvalue weighted by atomic mass is 10.2. The van der Waals surface area contributed by atoms with Gasteiger partial charge in [0.2, 0.25) is 5.82 Å². The quantitative estimate of drug-likeness (QED) is 0.797. The molecule has 1 N–H and O–H groups in total. The largest absolute Gasteiger partial charge is 0.316 e. The molecule has 106 valence electrons. The van der Waals surface area contributed by atoms with E-state index in [0.717, 1.165) is 11.1 Å². The van der Waals surface area contributed by atoms with Crippen molar-refractivity contribution in [2.24, 2.45) is 0 Å². The Balaban J connectivity index is 1.96. The minimum Gasteiger partial charge on any atom is -0.316 e. The second kappa shape index (κ2) is 5.80. The maximum absolute atomic E-state index is 13.6. The molecule has 0 aliphatic rings. The minimum atomic E-state index is -0.323.